The maximum atomic E-state index is 13.6. The minimum Gasteiger partial charge on any atom is -0.494 e. The van der Waals surface area contributed by atoms with E-state index in [1.54, 1.807) is 12.1 Å². The Bertz CT molecular complexity index is 768. The van der Waals surface area contributed by atoms with Gasteiger partial charge in [0.1, 0.15) is 0 Å². The zero-order valence-corrected chi connectivity index (χ0v) is 12.6. The van der Waals surface area contributed by atoms with E-state index in [1.165, 1.54) is 32.4 Å². The molecule has 0 heterocycles. The molecule has 2 aromatic rings. The lowest BCUT2D eigenvalue weighted by atomic mass is 10.1. The molecule has 0 aliphatic heterocycles. The lowest BCUT2D eigenvalue weighted by Gasteiger charge is -2.10. The highest BCUT2D eigenvalue weighted by Gasteiger charge is 2.13. The summed E-state index contributed by atoms with van der Waals surface area (Å²) in [6, 6.07) is 10.5. The fourth-order valence-corrected chi connectivity index (χ4v) is 1.92. The number of nitrogens with zero attached hydrogens (tertiary/aromatic N) is 1. The van der Waals surface area contributed by atoms with E-state index in [2.05, 4.69) is 0 Å². The summed E-state index contributed by atoms with van der Waals surface area (Å²) in [4.78, 5) is 12.1. The van der Waals surface area contributed by atoms with Gasteiger partial charge in [-0.25, -0.2) is 4.39 Å². The van der Waals surface area contributed by atoms with Gasteiger partial charge in [0, 0.05) is 11.6 Å². The minimum absolute atomic E-state index is 0.0660. The molecular weight excluding hydrogens is 301 g/mol. The Hall–Kier alpha value is -3.07. The fraction of sp³-hybridized carbons (Fsp3) is 0.176. The van der Waals surface area contributed by atoms with Gasteiger partial charge in [-0.1, -0.05) is 0 Å². The number of ketones is 1. The molecule has 118 valence electrons. The number of carbonyl (C=O) groups is 1. The topological polar surface area (TPSA) is 68.5 Å². The third-order valence-corrected chi connectivity index (χ3v) is 3.13. The van der Waals surface area contributed by atoms with E-state index in [0.29, 0.717) is 17.1 Å². The molecule has 0 aromatic heterocycles. The quantitative estimate of drug-likeness (QED) is 0.767. The van der Waals surface area contributed by atoms with Crippen LogP contribution in [0.5, 0.6) is 17.2 Å². The Morgan fingerprint density at radius 2 is 1.78 bits per heavy atom. The number of nitriles is 1. The lowest BCUT2D eigenvalue weighted by Crippen LogP contribution is -2.12. The van der Waals surface area contributed by atoms with Gasteiger partial charge < -0.3 is 14.2 Å². The molecule has 0 amide bonds. The van der Waals surface area contributed by atoms with Crippen molar-refractivity contribution in [3.63, 3.8) is 0 Å². The van der Waals surface area contributed by atoms with Crippen LogP contribution in [0.15, 0.2) is 36.4 Å². The summed E-state index contributed by atoms with van der Waals surface area (Å²) in [6.07, 6.45) is 0. The molecule has 6 heteroatoms. The second-order valence-corrected chi connectivity index (χ2v) is 4.54. The van der Waals surface area contributed by atoms with Crippen molar-refractivity contribution < 1.29 is 23.4 Å². The number of methoxy groups -OCH3 is 2. The van der Waals surface area contributed by atoms with E-state index in [1.807, 2.05) is 6.07 Å². The van der Waals surface area contributed by atoms with Crippen LogP contribution in [0.1, 0.15) is 15.9 Å². The zero-order valence-electron chi connectivity index (χ0n) is 12.6. The molecule has 23 heavy (non-hydrogen) atoms. The molecule has 0 unspecified atom stereocenters. The Morgan fingerprint density at radius 3 is 2.39 bits per heavy atom. The highest BCUT2D eigenvalue weighted by Crippen LogP contribution is 2.28. The molecule has 0 bridgehead atoms. The number of rotatable bonds is 6. The SMILES string of the molecule is COc1ccc(C(=O)COc2ccc(C#N)cc2OC)cc1F. The molecule has 0 aliphatic rings. The van der Waals surface area contributed by atoms with Crippen LogP contribution in [-0.4, -0.2) is 26.6 Å². The van der Waals surface area contributed by atoms with Gasteiger partial charge in [-0.3, -0.25) is 4.79 Å². The monoisotopic (exact) mass is 315 g/mol. The first-order valence-electron chi connectivity index (χ1n) is 6.66. The molecule has 2 aromatic carbocycles. The standard InChI is InChI=1S/C17H14FNO4/c1-21-15-6-4-12(8-13(15)18)14(20)10-23-16-5-3-11(9-19)7-17(16)22-2/h3-8H,10H2,1-2H3. The predicted molar refractivity (Wildman–Crippen MR) is 80.5 cm³/mol. The smallest absolute Gasteiger partial charge is 0.200 e. The average molecular weight is 315 g/mol. The van der Waals surface area contributed by atoms with E-state index in [0.717, 1.165) is 6.07 Å². The van der Waals surface area contributed by atoms with Crippen molar-refractivity contribution in [2.24, 2.45) is 0 Å². The fourth-order valence-electron chi connectivity index (χ4n) is 1.92. The van der Waals surface area contributed by atoms with Crippen molar-refractivity contribution in [3.8, 4) is 23.3 Å². The van der Waals surface area contributed by atoms with Crippen LogP contribution in [0.25, 0.3) is 0 Å². The summed E-state index contributed by atoms with van der Waals surface area (Å²) in [5, 5.41) is 8.84. The molecule has 0 spiro atoms. The van der Waals surface area contributed by atoms with Gasteiger partial charge in [-0.2, -0.15) is 5.26 Å². The van der Waals surface area contributed by atoms with Crippen molar-refractivity contribution in [2.45, 2.75) is 0 Å². The number of halogens is 1. The third-order valence-electron chi connectivity index (χ3n) is 3.13. The normalized spacial score (nSPS) is 9.83. The Morgan fingerprint density at radius 1 is 1.09 bits per heavy atom. The summed E-state index contributed by atoms with van der Waals surface area (Å²) in [6.45, 7) is -0.284. The molecule has 2 rings (SSSR count). The summed E-state index contributed by atoms with van der Waals surface area (Å²) in [5.74, 6) is -0.268. The van der Waals surface area contributed by atoms with Gasteiger partial charge >= 0.3 is 0 Å². The Kier molecular flexibility index (Phi) is 5.15. The third kappa shape index (κ3) is 3.77. The van der Waals surface area contributed by atoms with Gasteiger partial charge in [-0.05, 0) is 30.3 Å². The zero-order chi connectivity index (χ0) is 16.8. The summed E-state index contributed by atoms with van der Waals surface area (Å²) >= 11 is 0. The number of Topliss-reactive ketones (excluding diaryl/α,β-unsaturated/α-hetero) is 1. The van der Waals surface area contributed by atoms with Crippen LogP contribution in [0, 0.1) is 17.1 Å². The van der Waals surface area contributed by atoms with Gasteiger partial charge in [0.15, 0.2) is 35.5 Å². The molecule has 0 N–H and O–H groups in total. The number of ether oxygens (including phenoxy) is 3. The second-order valence-electron chi connectivity index (χ2n) is 4.54. The van der Waals surface area contributed by atoms with Crippen LogP contribution >= 0.6 is 0 Å². The van der Waals surface area contributed by atoms with E-state index < -0.39 is 11.6 Å². The molecule has 0 fully saturated rings. The summed E-state index contributed by atoms with van der Waals surface area (Å²) in [7, 11) is 2.78. The van der Waals surface area contributed by atoms with Gasteiger partial charge in [0.05, 0.1) is 25.9 Å². The lowest BCUT2D eigenvalue weighted by molar-refractivity contribution is 0.0919. The Balaban J connectivity index is 2.10. The van der Waals surface area contributed by atoms with Gasteiger partial charge in [-0.15, -0.1) is 0 Å². The van der Waals surface area contributed by atoms with E-state index in [-0.39, 0.29) is 17.9 Å². The number of hydrogen-bond donors (Lipinski definition) is 0. The highest BCUT2D eigenvalue weighted by molar-refractivity contribution is 5.97. The van der Waals surface area contributed by atoms with Gasteiger partial charge in [0.25, 0.3) is 0 Å². The van der Waals surface area contributed by atoms with Crippen LogP contribution in [0.2, 0.25) is 0 Å². The number of carbonyl (C=O) groups excluding carboxylic acids is 1. The first-order valence-corrected chi connectivity index (χ1v) is 6.66. The predicted octanol–water partition coefficient (Wildman–Crippen LogP) is 2.98. The van der Waals surface area contributed by atoms with Crippen molar-refractivity contribution >= 4 is 5.78 Å². The summed E-state index contributed by atoms with van der Waals surface area (Å²) < 4.78 is 28.9. The van der Waals surface area contributed by atoms with Crippen molar-refractivity contribution in [3.05, 3.63) is 53.3 Å². The van der Waals surface area contributed by atoms with Crippen LogP contribution < -0.4 is 14.2 Å². The van der Waals surface area contributed by atoms with Crippen molar-refractivity contribution in [1.29, 1.82) is 5.26 Å². The molecule has 0 saturated heterocycles. The van der Waals surface area contributed by atoms with Crippen molar-refractivity contribution in [2.75, 3.05) is 20.8 Å². The highest BCUT2D eigenvalue weighted by atomic mass is 19.1. The molecule has 0 radical (unpaired) electrons. The largest absolute Gasteiger partial charge is 0.494 e. The molecule has 0 aliphatic carbocycles. The maximum Gasteiger partial charge on any atom is 0.200 e. The Labute approximate surface area is 132 Å². The van der Waals surface area contributed by atoms with Gasteiger partial charge in [0.2, 0.25) is 0 Å². The molecule has 0 atom stereocenters. The second kappa shape index (κ2) is 7.27. The minimum atomic E-state index is -0.616. The van der Waals surface area contributed by atoms with Crippen LogP contribution in [-0.2, 0) is 0 Å². The van der Waals surface area contributed by atoms with Crippen LogP contribution in [0.3, 0.4) is 0 Å². The van der Waals surface area contributed by atoms with Crippen LogP contribution in [0.4, 0.5) is 4.39 Å². The number of benzene rings is 2. The molecule has 0 saturated carbocycles. The number of hydrogen-bond acceptors (Lipinski definition) is 5. The molecular formula is C17H14FNO4. The summed E-state index contributed by atoms with van der Waals surface area (Å²) in [5.41, 5.74) is 0.591. The van der Waals surface area contributed by atoms with E-state index in [9.17, 15) is 9.18 Å². The molecule has 5 nitrogen and oxygen atoms in total. The average Bonchev–Trinajstić information content (AvgIpc) is 2.59. The van der Waals surface area contributed by atoms with E-state index >= 15 is 0 Å². The first-order chi connectivity index (χ1) is 11.1. The first kappa shape index (κ1) is 16.3. The van der Waals surface area contributed by atoms with Crippen molar-refractivity contribution in [1.82, 2.24) is 0 Å². The maximum absolute atomic E-state index is 13.6. The van der Waals surface area contributed by atoms with E-state index in [4.69, 9.17) is 19.5 Å².